The quantitative estimate of drug-likeness (QED) is 0.725. The summed E-state index contributed by atoms with van der Waals surface area (Å²) in [5, 5.41) is 12.4. The fourth-order valence-corrected chi connectivity index (χ4v) is 2.75. The summed E-state index contributed by atoms with van der Waals surface area (Å²) in [6, 6.07) is 1.36. The maximum absolute atomic E-state index is 12.4. The number of nitrogens with one attached hydrogen (secondary N) is 1. The van der Waals surface area contributed by atoms with Crippen molar-refractivity contribution in [1.29, 1.82) is 0 Å². The molecule has 100 valence electrons. The zero-order valence-electron chi connectivity index (χ0n) is 10.4. The number of rotatable bonds is 1. The summed E-state index contributed by atoms with van der Waals surface area (Å²) < 4.78 is 0. The van der Waals surface area contributed by atoms with E-state index in [0.29, 0.717) is 24.9 Å². The van der Waals surface area contributed by atoms with Gasteiger partial charge in [0.15, 0.2) is 0 Å². The lowest BCUT2D eigenvalue weighted by Crippen LogP contribution is -2.58. The van der Waals surface area contributed by atoms with Gasteiger partial charge in [0.2, 0.25) is 5.91 Å². The predicted molar refractivity (Wildman–Crippen MR) is 66.1 cm³/mol. The molecule has 3 rings (SSSR count). The molecule has 2 aliphatic rings. The van der Waals surface area contributed by atoms with E-state index in [1.54, 1.807) is 23.4 Å². The van der Waals surface area contributed by atoms with Gasteiger partial charge in [-0.15, -0.1) is 0 Å². The van der Waals surface area contributed by atoms with E-state index in [4.69, 9.17) is 0 Å². The highest BCUT2D eigenvalue weighted by molar-refractivity contribution is 5.97. The van der Waals surface area contributed by atoms with Crippen molar-refractivity contribution in [3.63, 3.8) is 0 Å². The normalized spacial score (nSPS) is 26.9. The molecule has 6 heteroatoms. The molecule has 6 nitrogen and oxygen atoms in total. The van der Waals surface area contributed by atoms with Gasteiger partial charge in [-0.05, 0) is 24.5 Å². The van der Waals surface area contributed by atoms with Gasteiger partial charge in [-0.1, -0.05) is 0 Å². The zero-order valence-corrected chi connectivity index (χ0v) is 10.4. The van der Waals surface area contributed by atoms with Gasteiger partial charge in [0.25, 0.3) is 5.91 Å². The van der Waals surface area contributed by atoms with E-state index in [2.05, 4.69) is 10.3 Å². The van der Waals surface area contributed by atoms with Crippen molar-refractivity contribution in [1.82, 2.24) is 15.2 Å². The van der Waals surface area contributed by atoms with Crippen molar-refractivity contribution in [3.05, 3.63) is 29.6 Å². The van der Waals surface area contributed by atoms with E-state index in [1.807, 2.05) is 0 Å². The van der Waals surface area contributed by atoms with Gasteiger partial charge in [-0.3, -0.25) is 14.6 Å². The van der Waals surface area contributed by atoms with E-state index >= 15 is 0 Å². The van der Waals surface area contributed by atoms with Crippen LogP contribution in [0, 0.1) is 0 Å². The summed E-state index contributed by atoms with van der Waals surface area (Å²) in [5.41, 5.74) is 1.59. The van der Waals surface area contributed by atoms with Crippen molar-refractivity contribution >= 4 is 11.8 Å². The van der Waals surface area contributed by atoms with Crippen molar-refractivity contribution in [3.8, 4) is 0 Å². The Kier molecular flexibility index (Phi) is 2.94. The highest BCUT2D eigenvalue weighted by Gasteiger charge is 2.36. The number of aromatic nitrogens is 1. The third-order valence-corrected chi connectivity index (χ3v) is 3.76. The minimum absolute atomic E-state index is 0.0937. The van der Waals surface area contributed by atoms with Crippen LogP contribution < -0.4 is 5.32 Å². The second-order valence-corrected chi connectivity index (χ2v) is 4.90. The molecule has 0 bridgehead atoms. The van der Waals surface area contributed by atoms with Crippen molar-refractivity contribution in [2.24, 2.45) is 0 Å². The maximum atomic E-state index is 12.4. The molecule has 2 amide bonds. The number of aliphatic hydroxyl groups excluding tert-OH is 1. The number of amides is 2. The van der Waals surface area contributed by atoms with Crippen molar-refractivity contribution in [2.45, 2.75) is 31.5 Å². The number of nitrogens with zero attached hydrogens (tertiary/aromatic N) is 2. The van der Waals surface area contributed by atoms with Crippen LogP contribution in [0.25, 0.3) is 0 Å². The lowest BCUT2D eigenvalue weighted by Gasteiger charge is -2.39. The van der Waals surface area contributed by atoms with Gasteiger partial charge < -0.3 is 15.3 Å². The molecule has 2 atom stereocenters. The monoisotopic (exact) mass is 261 g/mol. The van der Waals surface area contributed by atoms with Crippen LogP contribution in [0.4, 0.5) is 0 Å². The highest BCUT2D eigenvalue weighted by Crippen LogP contribution is 2.23. The molecule has 2 N–H and O–H groups in total. The van der Waals surface area contributed by atoms with E-state index < -0.39 is 6.23 Å². The molecule has 1 aromatic rings. The zero-order chi connectivity index (χ0) is 13.4. The molecule has 1 fully saturated rings. The average Bonchev–Trinajstić information content (AvgIpc) is 2.41. The Hall–Kier alpha value is -1.95. The van der Waals surface area contributed by atoms with E-state index in [1.165, 1.54) is 0 Å². The molecule has 0 radical (unpaired) electrons. The first kappa shape index (κ1) is 12.1. The molecule has 0 saturated carbocycles. The number of hydrogen-bond donors (Lipinski definition) is 2. The summed E-state index contributed by atoms with van der Waals surface area (Å²) in [7, 11) is 0. The second-order valence-electron chi connectivity index (χ2n) is 4.90. The number of piperidine rings is 1. The van der Waals surface area contributed by atoms with Gasteiger partial charge in [0.05, 0.1) is 6.04 Å². The summed E-state index contributed by atoms with van der Waals surface area (Å²) in [5.74, 6) is -0.262. The lowest BCUT2D eigenvalue weighted by molar-refractivity contribution is -0.129. The number of carbonyl (C=O) groups excluding carboxylic acids is 2. The highest BCUT2D eigenvalue weighted by atomic mass is 16.3. The predicted octanol–water partition coefficient (Wildman–Crippen LogP) is -0.323. The molecule has 0 spiro atoms. The van der Waals surface area contributed by atoms with Crippen LogP contribution in [-0.2, 0) is 11.2 Å². The Balaban J connectivity index is 1.84. The largest absolute Gasteiger partial charge is 0.372 e. The molecule has 1 saturated heterocycles. The van der Waals surface area contributed by atoms with E-state index in [-0.39, 0.29) is 17.9 Å². The fourth-order valence-electron chi connectivity index (χ4n) is 2.75. The van der Waals surface area contributed by atoms with Crippen LogP contribution in [0.3, 0.4) is 0 Å². The first-order valence-corrected chi connectivity index (χ1v) is 6.38. The molecule has 3 heterocycles. The number of carbonyl (C=O) groups is 2. The number of hydrogen-bond acceptors (Lipinski definition) is 4. The molecule has 19 heavy (non-hydrogen) atoms. The minimum atomic E-state index is -0.978. The van der Waals surface area contributed by atoms with Crippen molar-refractivity contribution in [2.75, 3.05) is 6.54 Å². The van der Waals surface area contributed by atoms with Crippen LogP contribution >= 0.6 is 0 Å². The third kappa shape index (κ3) is 2.08. The van der Waals surface area contributed by atoms with Crippen LogP contribution in [-0.4, -0.2) is 45.6 Å². The standard InChI is InChI=1S/C13H15N3O3/c17-11-2-1-10(12(18)15-11)16-6-4-8-7-14-5-3-9(8)13(16)19/h3,5,7,10,12,18H,1-2,4,6H2,(H,15,17). The Bertz CT molecular complexity index is 532. The lowest BCUT2D eigenvalue weighted by atomic mass is 9.96. The molecule has 0 aliphatic carbocycles. The summed E-state index contributed by atoms with van der Waals surface area (Å²) >= 11 is 0. The van der Waals surface area contributed by atoms with Crippen LogP contribution in [0.5, 0.6) is 0 Å². The molecular weight excluding hydrogens is 246 g/mol. The molecular formula is C13H15N3O3. The van der Waals surface area contributed by atoms with E-state index in [0.717, 1.165) is 12.0 Å². The fraction of sp³-hybridized carbons (Fsp3) is 0.462. The SMILES string of the molecule is O=C1CCC(N2CCc3cnccc3C2=O)C(O)N1. The number of pyridine rings is 1. The average molecular weight is 261 g/mol. The maximum Gasteiger partial charge on any atom is 0.254 e. The van der Waals surface area contributed by atoms with Gasteiger partial charge in [0.1, 0.15) is 6.23 Å². The Morgan fingerprint density at radius 3 is 3.00 bits per heavy atom. The van der Waals surface area contributed by atoms with Gasteiger partial charge >= 0.3 is 0 Å². The Labute approximate surface area is 110 Å². The summed E-state index contributed by atoms with van der Waals surface area (Å²) in [6.45, 7) is 0.551. The first-order valence-electron chi connectivity index (χ1n) is 6.38. The smallest absolute Gasteiger partial charge is 0.254 e. The number of aliphatic hydroxyl groups is 1. The molecule has 2 unspecified atom stereocenters. The Morgan fingerprint density at radius 2 is 2.21 bits per heavy atom. The van der Waals surface area contributed by atoms with Crippen LogP contribution in [0.15, 0.2) is 18.5 Å². The third-order valence-electron chi connectivity index (χ3n) is 3.76. The Morgan fingerprint density at radius 1 is 1.37 bits per heavy atom. The van der Waals surface area contributed by atoms with Crippen molar-refractivity contribution < 1.29 is 14.7 Å². The first-order chi connectivity index (χ1) is 9.16. The number of fused-ring (bicyclic) bond motifs is 1. The van der Waals surface area contributed by atoms with E-state index in [9.17, 15) is 14.7 Å². The van der Waals surface area contributed by atoms with Crippen LogP contribution in [0.2, 0.25) is 0 Å². The topological polar surface area (TPSA) is 82.5 Å². The van der Waals surface area contributed by atoms with Crippen LogP contribution in [0.1, 0.15) is 28.8 Å². The summed E-state index contributed by atoms with van der Waals surface area (Å²) in [6.07, 6.45) is 3.90. The van der Waals surface area contributed by atoms with Gasteiger partial charge in [-0.2, -0.15) is 0 Å². The second kappa shape index (κ2) is 4.62. The summed E-state index contributed by atoms with van der Waals surface area (Å²) in [4.78, 5) is 29.3. The molecule has 1 aromatic heterocycles. The van der Waals surface area contributed by atoms with Gasteiger partial charge in [0, 0.05) is 30.9 Å². The van der Waals surface area contributed by atoms with Gasteiger partial charge in [-0.25, -0.2) is 0 Å². The minimum Gasteiger partial charge on any atom is -0.372 e. The molecule has 2 aliphatic heterocycles. The molecule has 0 aromatic carbocycles.